The first-order valence-corrected chi connectivity index (χ1v) is 8.79. The summed E-state index contributed by atoms with van der Waals surface area (Å²) in [6, 6.07) is 4.08. The van der Waals surface area contributed by atoms with E-state index >= 15 is 0 Å². The SMILES string of the molecule is Cn1cc(CN2CCO[C@@]3(COCCN(c4cccnc4)C3)C2)cn1. The molecular weight excluding hydrogens is 318 g/mol. The number of nitrogens with zero attached hydrogens (tertiary/aromatic N) is 5. The number of morpholine rings is 1. The molecule has 4 heterocycles. The average molecular weight is 343 g/mol. The summed E-state index contributed by atoms with van der Waals surface area (Å²) in [4.78, 5) is 9.02. The summed E-state index contributed by atoms with van der Waals surface area (Å²) in [7, 11) is 1.95. The van der Waals surface area contributed by atoms with Crippen molar-refractivity contribution in [3.8, 4) is 0 Å². The molecule has 0 saturated carbocycles. The summed E-state index contributed by atoms with van der Waals surface area (Å²) >= 11 is 0. The molecule has 0 bridgehead atoms. The van der Waals surface area contributed by atoms with Crippen molar-refractivity contribution in [3.05, 3.63) is 42.5 Å². The van der Waals surface area contributed by atoms with Crippen LogP contribution in [0.4, 0.5) is 5.69 Å². The molecule has 2 saturated heterocycles. The van der Waals surface area contributed by atoms with Crippen molar-refractivity contribution < 1.29 is 9.47 Å². The van der Waals surface area contributed by atoms with E-state index in [9.17, 15) is 0 Å². The lowest BCUT2D eigenvalue weighted by atomic mass is 10.0. The predicted octanol–water partition coefficient (Wildman–Crippen LogP) is 0.923. The Morgan fingerprint density at radius 1 is 1.20 bits per heavy atom. The van der Waals surface area contributed by atoms with Crippen LogP contribution in [0.5, 0.6) is 0 Å². The van der Waals surface area contributed by atoms with Gasteiger partial charge in [0.15, 0.2) is 0 Å². The summed E-state index contributed by atoms with van der Waals surface area (Å²) in [5, 5.41) is 4.27. The largest absolute Gasteiger partial charge is 0.376 e. The molecule has 0 amide bonds. The summed E-state index contributed by atoms with van der Waals surface area (Å²) in [6.45, 7) is 6.44. The van der Waals surface area contributed by atoms with Gasteiger partial charge < -0.3 is 14.4 Å². The van der Waals surface area contributed by atoms with E-state index < -0.39 is 0 Å². The van der Waals surface area contributed by atoms with Gasteiger partial charge in [-0.2, -0.15) is 5.10 Å². The molecule has 7 heteroatoms. The smallest absolute Gasteiger partial charge is 0.121 e. The molecule has 0 aliphatic carbocycles. The average Bonchev–Trinajstić information content (AvgIpc) is 2.92. The second kappa shape index (κ2) is 7.11. The van der Waals surface area contributed by atoms with Crippen LogP contribution in [-0.2, 0) is 23.1 Å². The molecule has 2 aliphatic rings. The van der Waals surface area contributed by atoms with Crippen LogP contribution in [0.2, 0.25) is 0 Å². The quantitative estimate of drug-likeness (QED) is 0.826. The molecular formula is C18H25N5O2. The van der Waals surface area contributed by atoms with Crippen LogP contribution >= 0.6 is 0 Å². The van der Waals surface area contributed by atoms with Crippen molar-refractivity contribution in [3.63, 3.8) is 0 Å². The molecule has 0 unspecified atom stereocenters. The van der Waals surface area contributed by atoms with Gasteiger partial charge in [0.25, 0.3) is 0 Å². The van der Waals surface area contributed by atoms with Crippen molar-refractivity contribution in [2.75, 3.05) is 50.9 Å². The fraction of sp³-hybridized carbons (Fsp3) is 0.556. The standard InChI is InChI=1S/C18H25N5O2/c1-21-11-16(9-20-21)12-22-5-8-25-18(13-22)14-23(6-7-24-15-18)17-3-2-4-19-10-17/h2-4,9-11H,5-8,12-15H2,1H3/t18-/m0/s1. The Morgan fingerprint density at radius 2 is 2.16 bits per heavy atom. The Bertz CT molecular complexity index is 692. The fourth-order valence-electron chi connectivity index (χ4n) is 3.72. The van der Waals surface area contributed by atoms with Crippen LogP contribution in [0.25, 0.3) is 0 Å². The minimum Gasteiger partial charge on any atom is -0.376 e. The van der Waals surface area contributed by atoms with Crippen LogP contribution in [-0.4, -0.2) is 71.3 Å². The zero-order valence-electron chi connectivity index (χ0n) is 14.7. The number of ether oxygens (including phenoxy) is 2. The van der Waals surface area contributed by atoms with Crippen LogP contribution < -0.4 is 4.90 Å². The van der Waals surface area contributed by atoms with E-state index in [1.54, 1.807) is 6.20 Å². The summed E-state index contributed by atoms with van der Waals surface area (Å²) < 4.78 is 14.0. The van der Waals surface area contributed by atoms with E-state index in [0.717, 1.165) is 45.0 Å². The number of aryl methyl sites for hydroxylation is 1. The molecule has 2 aromatic heterocycles. The Morgan fingerprint density at radius 3 is 2.96 bits per heavy atom. The van der Waals surface area contributed by atoms with E-state index in [4.69, 9.17) is 9.47 Å². The topological polar surface area (TPSA) is 55.6 Å². The molecule has 1 atom stereocenters. The maximum Gasteiger partial charge on any atom is 0.121 e. The predicted molar refractivity (Wildman–Crippen MR) is 94.4 cm³/mol. The number of pyridine rings is 1. The van der Waals surface area contributed by atoms with E-state index in [1.165, 1.54) is 5.56 Å². The molecule has 0 aromatic carbocycles. The summed E-state index contributed by atoms with van der Waals surface area (Å²) in [6.07, 6.45) is 7.73. The van der Waals surface area contributed by atoms with Gasteiger partial charge in [0.05, 0.1) is 44.4 Å². The zero-order valence-corrected chi connectivity index (χ0v) is 14.7. The van der Waals surface area contributed by atoms with E-state index in [-0.39, 0.29) is 5.60 Å². The van der Waals surface area contributed by atoms with Gasteiger partial charge in [-0.05, 0) is 12.1 Å². The van der Waals surface area contributed by atoms with Crippen LogP contribution in [0.15, 0.2) is 36.9 Å². The number of rotatable bonds is 3. The molecule has 4 rings (SSSR count). The minimum absolute atomic E-state index is 0.299. The van der Waals surface area contributed by atoms with Gasteiger partial charge in [-0.25, -0.2) is 0 Å². The lowest BCUT2D eigenvalue weighted by molar-refractivity contribution is -0.134. The molecule has 1 spiro atoms. The van der Waals surface area contributed by atoms with Crippen molar-refractivity contribution in [1.29, 1.82) is 0 Å². The second-order valence-corrected chi connectivity index (χ2v) is 6.95. The Kier molecular flexibility index (Phi) is 4.70. The first-order valence-electron chi connectivity index (χ1n) is 8.79. The third kappa shape index (κ3) is 3.84. The first kappa shape index (κ1) is 16.5. The molecule has 0 radical (unpaired) electrons. The highest BCUT2D eigenvalue weighted by Gasteiger charge is 2.40. The lowest BCUT2D eigenvalue weighted by Crippen LogP contribution is -2.58. The first-order chi connectivity index (χ1) is 12.2. The number of anilines is 1. The number of hydrogen-bond donors (Lipinski definition) is 0. The van der Waals surface area contributed by atoms with Gasteiger partial charge in [-0.3, -0.25) is 14.6 Å². The third-order valence-electron chi connectivity index (χ3n) is 4.85. The molecule has 2 fully saturated rings. The number of aromatic nitrogens is 3. The van der Waals surface area contributed by atoms with Crippen LogP contribution in [0.1, 0.15) is 5.56 Å². The third-order valence-corrected chi connectivity index (χ3v) is 4.85. The van der Waals surface area contributed by atoms with Crippen molar-refractivity contribution in [2.45, 2.75) is 12.1 Å². The number of hydrogen-bond acceptors (Lipinski definition) is 6. The molecule has 7 nitrogen and oxygen atoms in total. The highest BCUT2D eigenvalue weighted by atomic mass is 16.5. The maximum atomic E-state index is 6.26. The van der Waals surface area contributed by atoms with Crippen molar-refractivity contribution in [1.82, 2.24) is 19.7 Å². The van der Waals surface area contributed by atoms with Gasteiger partial charge >= 0.3 is 0 Å². The van der Waals surface area contributed by atoms with E-state index in [0.29, 0.717) is 13.2 Å². The summed E-state index contributed by atoms with van der Waals surface area (Å²) in [5.41, 5.74) is 2.06. The Hall–Kier alpha value is -1.96. The maximum absolute atomic E-state index is 6.26. The lowest BCUT2D eigenvalue weighted by Gasteiger charge is -2.43. The van der Waals surface area contributed by atoms with Crippen molar-refractivity contribution in [2.24, 2.45) is 7.05 Å². The van der Waals surface area contributed by atoms with Crippen LogP contribution in [0.3, 0.4) is 0 Å². The van der Waals surface area contributed by atoms with E-state index in [1.807, 2.05) is 30.2 Å². The zero-order chi connectivity index (χ0) is 17.1. The summed E-state index contributed by atoms with van der Waals surface area (Å²) in [5.74, 6) is 0. The second-order valence-electron chi connectivity index (χ2n) is 6.95. The van der Waals surface area contributed by atoms with E-state index in [2.05, 4.69) is 32.1 Å². The molecule has 2 aliphatic heterocycles. The van der Waals surface area contributed by atoms with Gasteiger partial charge in [0.1, 0.15) is 5.60 Å². The van der Waals surface area contributed by atoms with Gasteiger partial charge in [-0.15, -0.1) is 0 Å². The highest BCUT2D eigenvalue weighted by molar-refractivity contribution is 5.44. The minimum atomic E-state index is -0.299. The highest BCUT2D eigenvalue weighted by Crippen LogP contribution is 2.26. The Labute approximate surface area is 148 Å². The molecule has 25 heavy (non-hydrogen) atoms. The monoisotopic (exact) mass is 343 g/mol. The molecule has 0 N–H and O–H groups in total. The van der Waals surface area contributed by atoms with Gasteiger partial charge in [0.2, 0.25) is 0 Å². The van der Waals surface area contributed by atoms with Gasteiger partial charge in [0, 0.05) is 51.2 Å². The van der Waals surface area contributed by atoms with Crippen molar-refractivity contribution >= 4 is 5.69 Å². The van der Waals surface area contributed by atoms with Gasteiger partial charge in [-0.1, -0.05) is 0 Å². The fourth-order valence-corrected chi connectivity index (χ4v) is 3.72. The van der Waals surface area contributed by atoms with Crippen LogP contribution in [0, 0.1) is 0 Å². The Balaban J connectivity index is 1.48. The normalized spacial score (nSPS) is 25.2. The molecule has 2 aromatic rings. The molecule has 134 valence electrons.